The van der Waals surface area contributed by atoms with Gasteiger partial charge in [0.1, 0.15) is 0 Å². The lowest BCUT2D eigenvalue weighted by atomic mass is 10.4. The van der Waals surface area contributed by atoms with Crippen LogP contribution in [0.4, 0.5) is 5.82 Å². The fraction of sp³-hybridized carbons (Fsp3) is 0.375. The van der Waals surface area contributed by atoms with Crippen LogP contribution in [-0.4, -0.2) is 36.0 Å². The molecule has 0 spiro atoms. The molecule has 0 atom stereocenters. The van der Waals surface area contributed by atoms with Crippen molar-refractivity contribution in [3.05, 3.63) is 12.0 Å². The number of amides is 2. The Morgan fingerprint density at radius 3 is 2.86 bits per heavy atom. The number of rotatable bonds is 3. The Morgan fingerprint density at radius 2 is 2.36 bits per heavy atom. The summed E-state index contributed by atoms with van der Waals surface area (Å²) >= 11 is 0. The topological polar surface area (TPSA) is 67.2 Å². The number of nitrogens with zero attached hydrogens (tertiary/aromatic N) is 3. The molecule has 1 N–H and O–H groups in total. The molecule has 0 radical (unpaired) electrons. The summed E-state index contributed by atoms with van der Waals surface area (Å²) in [5, 5.41) is 2.49. The van der Waals surface area contributed by atoms with E-state index in [1.807, 2.05) is 0 Å². The fourth-order valence-corrected chi connectivity index (χ4v) is 1.11. The van der Waals surface area contributed by atoms with Gasteiger partial charge in [-0.25, -0.2) is 4.98 Å². The molecule has 1 heterocycles. The van der Waals surface area contributed by atoms with Crippen LogP contribution in [0.25, 0.3) is 0 Å². The SMILES string of the molecule is CNC(=O)c1c(N(C)C=O)ncn1C. The minimum Gasteiger partial charge on any atom is -0.354 e. The van der Waals surface area contributed by atoms with Crippen LogP contribution in [0.1, 0.15) is 10.5 Å². The third-order valence-corrected chi connectivity index (χ3v) is 1.85. The molecule has 6 heteroatoms. The molecule has 2 amide bonds. The molecule has 0 aliphatic rings. The van der Waals surface area contributed by atoms with Gasteiger partial charge < -0.3 is 14.8 Å². The highest BCUT2D eigenvalue weighted by atomic mass is 16.2. The molecule has 6 nitrogen and oxygen atoms in total. The predicted molar refractivity (Wildman–Crippen MR) is 51.1 cm³/mol. The number of anilines is 1. The highest BCUT2D eigenvalue weighted by molar-refractivity contribution is 5.99. The zero-order valence-corrected chi connectivity index (χ0v) is 8.31. The number of carbonyl (C=O) groups is 2. The third-order valence-electron chi connectivity index (χ3n) is 1.85. The monoisotopic (exact) mass is 196 g/mol. The average molecular weight is 196 g/mol. The lowest BCUT2D eigenvalue weighted by Crippen LogP contribution is -2.25. The van der Waals surface area contributed by atoms with E-state index >= 15 is 0 Å². The molecule has 0 aromatic carbocycles. The molecule has 76 valence electrons. The summed E-state index contributed by atoms with van der Waals surface area (Å²) in [6, 6.07) is 0. The van der Waals surface area contributed by atoms with E-state index in [0.29, 0.717) is 17.9 Å². The zero-order valence-electron chi connectivity index (χ0n) is 8.31. The number of carbonyl (C=O) groups excluding carboxylic acids is 2. The van der Waals surface area contributed by atoms with E-state index in [1.165, 1.54) is 18.3 Å². The van der Waals surface area contributed by atoms with Gasteiger partial charge in [-0.3, -0.25) is 9.59 Å². The Morgan fingerprint density at radius 1 is 1.71 bits per heavy atom. The van der Waals surface area contributed by atoms with Crippen LogP contribution >= 0.6 is 0 Å². The van der Waals surface area contributed by atoms with Gasteiger partial charge in [-0.15, -0.1) is 0 Å². The number of aryl methyl sites for hydroxylation is 1. The zero-order chi connectivity index (χ0) is 10.7. The summed E-state index contributed by atoms with van der Waals surface area (Å²) < 4.78 is 1.56. The van der Waals surface area contributed by atoms with E-state index in [2.05, 4.69) is 10.3 Å². The molecular formula is C8H12N4O2. The smallest absolute Gasteiger partial charge is 0.271 e. The number of imidazole rings is 1. The van der Waals surface area contributed by atoms with E-state index in [1.54, 1.807) is 18.7 Å². The van der Waals surface area contributed by atoms with E-state index in [9.17, 15) is 9.59 Å². The molecule has 0 saturated carbocycles. The van der Waals surface area contributed by atoms with Crippen molar-refractivity contribution in [1.82, 2.24) is 14.9 Å². The van der Waals surface area contributed by atoms with Crippen molar-refractivity contribution < 1.29 is 9.59 Å². The third kappa shape index (κ3) is 1.59. The van der Waals surface area contributed by atoms with Crippen LogP contribution in [0.15, 0.2) is 6.33 Å². The Kier molecular flexibility index (Phi) is 2.85. The van der Waals surface area contributed by atoms with Crippen molar-refractivity contribution in [1.29, 1.82) is 0 Å². The Bertz CT molecular complexity index is 358. The van der Waals surface area contributed by atoms with Crippen LogP contribution < -0.4 is 10.2 Å². The normalized spacial score (nSPS) is 9.64. The second-order valence-corrected chi connectivity index (χ2v) is 2.82. The van der Waals surface area contributed by atoms with Crippen molar-refractivity contribution in [3.8, 4) is 0 Å². The largest absolute Gasteiger partial charge is 0.354 e. The molecule has 0 saturated heterocycles. The maximum Gasteiger partial charge on any atom is 0.271 e. The number of nitrogens with one attached hydrogen (secondary N) is 1. The first-order valence-electron chi connectivity index (χ1n) is 4.03. The lowest BCUT2D eigenvalue weighted by Gasteiger charge is -2.09. The van der Waals surface area contributed by atoms with Crippen LogP contribution in [0.5, 0.6) is 0 Å². The van der Waals surface area contributed by atoms with Gasteiger partial charge in [-0.1, -0.05) is 0 Å². The number of aromatic nitrogens is 2. The van der Waals surface area contributed by atoms with Crippen molar-refractivity contribution in [2.24, 2.45) is 7.05 Å². The molecule has 0 bridgehead atoms. The van der Waals surface area contributed by atoms with Gasteiger partial charge in [0, 0.05) is 21.1 Å². The molecular weight excluding hydrogens is 184 g/mol. The van der Waals surface area contributed by atoms with Gasteiger partial charge in [-0.2, -0.15) is 0 Å². The van der Waals surface area contributed by atoms with Crippen molar-refractivity contribution >= 4 is 18.1 Å². The van der Waals surface area contributed by atoms with Crippen LogP contribution in [0.2, 0.25) is 0 Å². The summed E-state index contributed by atoms with van der Waals surface area (Å²) in [5.41, 5.74) is 0.363. The predicted octanol–water partition coefficient (Wildman–Crippen LogP) is -0.628. The Balaban J connectivity index is 3.18. The molecule has 0 aliphatic carbocycles. The van der Waals surface area contributed by atoms with E-state index < -0.39 is 0 Å². The van der Waals surface area contributed by atoms with Gasteiger partial charge in [0.25, 0.3) is 5.91 Å². The van der Waals surface area contributed by atoms with Gasteiger partial charge in [-0.05, 0) is 0 Å². The van der Waals surface area contributed by atoms with Crippen LogP contribution in [0, 0.1) is 0 Å². The molecule has 0 aliphatic heterocycles. The van der Waals surface area contributed by atoms with E-state index in [-0.39, 0.29) is 5.91 Å². The molecule has 1 aromatic heterocycles. The van der Waals surface area contributed by atoms with Crippen LogP contribution in [0.3, 0.4) is 0 Å². The maximum absolute atomic E-state index is 11.4. The second-order valence-electron chi connectivity index (χ2n) is 2.82. The van der Waals surface area contributed by atoms with Gasteiger partial charge >= 0.3 is 0 Å². The highest BCUT2D eigenvalue weighted by Gasteiger charge is 2.18. The molecule has 0 fully saturated rings. The quantitative estimate of drug-likeness (QED) is 0.655. The van der Waals surface area contributed by atoms with E-state index in [0.717, 1.165) is 0 Å². The average Bonchev–Trinajstić information content (AvgIpc) is 2.58. The fourth-order valence-electron chi connectivity index (χ4n) is 1.11. The molecule has 1 rings (SSSR count). The molecule has 14 heavy (non-hydrogen) atoms. The van der Waals surface area contributed by atoms with Crippen molar-refractivity contribution in [3.63, 3.8) is 0 Å². The first-order chi connectivity index (χ1) is 6.61. The first-order valence-corrected chi connectivity index (χ1v) is 4.03. The summed E-state index contributed by atoms with van der Waals surface area (Å²) in [6.45, 7) is 0. The summed E-state index contributed by atoms with van der Waals surface area (Å²) in [6.07, 6.45) is 2.09. The van der Waals surface area contributed by atoms with E-state index in [4.69, 9.17) is 0 Å². The maximum atomic E-state index is 11.4. The minimum absolute atomic E-state index is 0.270. The summed E-state index contributed by atoms with van der Waals surface area (Å²) in [7, 11) is 4.77. The summed E-state index contributed by atoms with van der Waals surface area (Å²) in [4.78, 5) is 27.2. The summed E-state index contributed by atoms with van der Waals surface area (Å²) in [5.74, 6) is 0.0792. The van der Waals surface area contributed by atoms with Crippen LogP contribution in [-0.2, 0) is 11.8 Å². The first kappa shape index (κ1) is 10.2. The minimum atomic E-state index is -0.270. The van der Waals surface area contributed by atoms with Gasteiger partial charge in [0.2, 0.25) is 6.41 Å². The van der Waals surface area contributed by atoms with Gasteiger partial charge in [0.05, 0.1) is 6.33 Å². The molecule has 0 unspecified atom stereocenters. The Labute approximate surface area is 81.5 Å². The standard InChI is InChI=1S/C8H12N4O2/c1-9-8(14)6-7(12(3)5-13)10-4-11(6)2/h4-5H,1-3H3,(H,9,14). The number of hydrogen-bond donors (Lipinski definition) is 1. The number of hydrogen-bond acceptors (Lipinski definition) is 3. The van der Waals surface area contributed by atoms with Gasteiger partial charge in [0.15, 0.2) is 11.5 Å². The van der Waals surface area contributed by atoms with Crippen molar-refractivity contribution in [2.75, 3.05) is 19.0 Å². The lowest BCUT2D eigenvalue weighted by molar-refractivity contribution is -0.107. The Hall–Kier alpha value is -1.85. The molecule has 1 aromatic rings. The second kappa shape index (κ2) is 3.91. The highest BCUT2D eigenvalue weighted by Crippen LogP contribution is 2.14. The van der Waals surface area contributed by atoms with Crippen molar-refractivity contribution in [2.45, 2.75) is 0 Å².